The van der Waals surface area contributed by atoms with Gasteiger partial charge in [-0.05, 0) is 37.1 Å². The standard InChI is InChI=1S/C16H20FN3O/c1-3-8-18-14(9-12-4-6-13(17)7-5-12)15-10-16(21-2)20-11-19-15/h4-7,10-11,14,18H,3,8-9H2,1-2H3. The molecule has 1 aromatic carbocycles. The van der Waals surface area contributed by atoms with Gasteiger partial charge in [-0.15, -0.1) is 0 Å². The van der Waals surface area contributed by atoms with E-state index in [0.717, 1.165) is 30.6 Å². The molecular formula is C16H20FN3O. The molecule has 0 bridgehead atoms. The molecule has 1 atom stereocenters. The van der Waals surface area contributed by atoms with Crippen LogP contribution in [-0.4, -0.2) is 23.6 Å². The Kier molecular flexibility index (Phi) is 5.63. The van der Waals surface area contributed by atoms with Gasteiger partial charge in [0.2, 0.25) is 5.88 Å². The average molecular weight is 289 g/mol. The van der Waals surface area contributed by atoms with Crippen molar-refractivity contribution >= 4 is 0 Å². The van der Waals surface area contributed by atoms with E-state index in [-0.39, 0.29) is 11.9 Å². The Morgan fingerprint density at radius 3 is 2.67 bits per heavy atom. The molecule has 1 unspecified atom stereocenters. The van der Waals surface area contributed by atoms with Gasteiger partial charge in [0.05, 0.1) is 18.8 Å². The summed E-state index contributed by atoms with van der Waals surface area (Å²) in [6, 6.07) is 8.44. The third-order valence-electron chi connectivity index (χ3n) is 3.22. The summed E-state index contributed by atoms with van der Waals surface area (Å²) in [4.78, 5) is 8.36. The van der Waals surface area contributed by atoms with Crippen LogP contribution >= 0.6 is 0 Å². The number of hydrogen-bond acceptors (Lipinski definition) is 4. The van der Waals surface area contributed by atoms with Gasteiger partial charge >= 0.3 is 0 Å². The summed E-state index contributed by atoms with van der Waals surface area (Å²) in [7, 11) is 1.58. The van der Waals surface area contributed by atoms with Gasteiger partial charge in [-0.1, -0.05) is 19.1 Å². The molecule has 0 aliphatic rings. The molecule has 5 heteroatoms. The van der Waals surface area contributed by atoms with E-state index in [2.05, 4.69) is 22.2 Å². The van der Waals surface area contributed by atoms with Gasteiger partial charge < -0.3 is 10.1 Å². The maximum Gasteiger partial charge on any atom is 0.216 e. The minimum Gasteiger partial charge on any atom is -0.481 e. The van der Waals surface area contributed by atoms with Crippen molar-refractivity contribution in [2.24, 2.45) is 0 Å². The highest BCUT2D eigenvalue weighted by atomic mass is 19.1. The zero-order valence-corrected chi connectivity index (χ0v) is 12.3. The summed E-state index contributed by atoms with van der Waals surface area (Å²) in [5.41, 5.74) is 1.93. The summed E-state index contributed by atoms with van der Waals surface area (Å²) in [6.07, 6.45) is 3.27. The van der Waals surface area contributed by atoms with Gasteiger partial charge in [0.25, 0.3) is 0 Å². The first-order valence-corrected chi connectivity index (χ1v) is 7.06. The topological polar surface area (TPSA) is 47.0 Å². The molecule has 0 aliphatic carbocycles. The highest BCUT2D eigenvalue weighted by molar-refractivity contribution is 5.22. The number of nitrogens with one attached hydrogen (secondary N) is 1. The molecular weight excluding hydrogens is 269 g/mol. The number of hydrogen-bond donors (Lipinski definition) is 1. The average Bonchev–Trinajstić information content (AvgIpc) is 2.53. The van der Waals surface area contributed by atoms with Crippen molar-refractivity contribution in [3.8, 4) is 5.88 Å². The second-order valence-corrected chi connectivity index (χ2v) is 4.82. The fourth-order valence-corrected chi connectivity index (χ4v) is 2.11. The minimum absolute atomic E-state index is 0.0484. The Morgan fingerprint density at radius 1 is 1.24 bits per heavy atom. The van der Waals surface area contributed by atoms with Crippen LogP contribution in [0.4, 0.5) is 4.39 Å². The fraction of sp³-hybridized carbons (Fsp3) is 0.375. The van der Waals surface area contributed by atoms with Gasteiger partial charge in [-0.3, -0.25) is 0 Å². The van der Waals surface area contributed by atoms with E-state index in [0.29, 0.717) is 5.88 Å². The van der Waals surface area contributed by atoms with E-state index >= 15 is 0 Å². The van der Waals surface area contributed by atoms with Crippen molar-refractivity contribution in [3.05, 3.63) is 53.7 Å². The molecule has 4 nitrogen and oxygen atoms in total. The van der Waals surface area contributed by atoms with Crippen LogP contribution in [-0.2, 0) is 6.42 Å². The van der Waals surface area contributed by atoms with Crippen molar-refractivity contribution in [1.82, 2.24) is 15.3 Å². The Morgan fingerprint density at radius 2 is 2.00 bits per heavy atom. The number of ether oxygens (including phenoxy) is 1. The predicted molar refractivity (Wildman–Crippen MR) is 79.7 cm³/mol. The molecule has 0 fully saturated rings. The second kappa shape index (κ2) is 7.69. The lowest BCUT2D eigenvalue weighted by Crippen LogP contribution is -2.25. The molecule has 1 aromatic heterocycles. The molecule has 1 heterocycles. The fourth-order valence-electron chi connectivity index (χ4n) is 2.11. The molecule has 112 valence electrons. The molecule has 0 saturated heterocycles. The summed E-state index contributed by atoms with van der Waals surface area (Å²) in [5.74, 6) is 0.322. The van der Waals surface area contributed by atoms with Crippen LogP contribution < -0.4 is 10.1 Å². The van der Waals surface area contributed by atoms with Crippen LogP contribution in [0.2, 0.25) is 0 Å². The largest absolute Gasteiger partial charge is 0.481 e. The second-order valence-electron chi connectivity index (χ2n) is 4.82. The highest BCUT2D eigenvalue weighted by Crippen LogP contribution is 2.19. The summed E-state index contributed by atoms with van der Waals surface area (Å²) >= 11 is 0. The maximum atomic E-state index is 13.0. The maximum absolute atomic E-state index is 13.0. The molecule has 0 amide bonds. The van der Waals surface area contributed by atoms with Gasteiger partial charge in [-0.25, -0.2) is 14.4 Å². The normalized spacial score (nSPS) is 12.1. The summed E-state index contributed by atoms with van der Waals surface area (Å²) in [6.45, 7) is 3.00. The minimum atomic E-state index is -0.222. The smallest absolute Gasteiger partial charge is 0.216 e. The van der Waals surface area contributed by atoms with Crippen LogP contribution in [0.5, 0.6) is 5.88 Å². The molecule has 0 saturated carbocycles. The van der Waals surface area contributed by atoms with E-state index in [9.17, 15) is 4.39 Å². The third kappa shape index (κ3) is 4.49. The van der Waals surface area contributed by atoms with E-state index < -0.39 is 0 Å². The molecule has 1 N–H and O–H groups in total. The summed E-state index contributed by atoms with van der Waals surface area (Å²) < 4.78 is 18.1. The number of nitrogens with zero attached hydrogens (tertiary/aromatic N) is 2. The first-order valence-electron chi connectivity index (χ1n) is 7.06. The van der Waals surface area contributed by atoms with Crippen molar-refractivity contribution in [3.63, 3.8) is 0 Å². The molecule has 2 aromatic rings. The van der Waals surface area contributed by atoms with Crippen molar-refractivity contribution < 1.29 is 9.13 Å². The monoisotopic (exact) mass is 289 g/mol. The van der Waals surface area contributed by atoms with Crippen LogP contribution in [0.15, 0.2) is 36.7 Å². The Bertz CT molecular complexity index is 560. The lowest BCUT2D eigenvalue weighted by molar-refractivity contribution is 0.393. The highest BCUT2D eigenvalue weighted by Gasteiger charge is 2.14. The van der Waals surface area contributed by atoms with Gasteiger partial charge in [-0.2, -0.15) is 0 Å². The number of rotatable bonds is 7. The summed E-state index contributed by atoms with van der Waals surface area (Å²) in [5, 5.41) is 3.46. The Hall–Kier alpha value is -2.01. The van der Waals surface area contributed by atoms with E-state index in [1.807, 2.05) is 6.07 Å². The van der Waals surface area contributed by atoms with E-state index in [1.54, 1.807) is 19.2 Å². The van der Waals surface area contributed by atoms with Crippen LogP contribution in [0.1, 0.15) is 30.6 Å². The van der Waals surface area contributed by atoms with Gasteiger partial charge in [0.15, 0.2) is 0 Å². The lowest BCUT2D eigenvalue weighted by Gasteiger charge is -2.18. The quantitative estimate of drug-likeness (QED) is 0.851. The zero-order chi connectivity index (χ0) is 15.1. The van der Waals surface area contributed by atoms with Crippen molar-refractivity contribution in [1.29, 1.82) is 0 Å². The van der Waals surface area contributed by atoms with Gasteiger partial charge in [0, 0.05) is 6.07 Å². The lowest BCUT2D eigenvalue weighted by atomic mass is 10.0. The van der Waals surface area contributed by atoms with E-state index in [4.69, 9.17) is 4.74 Å². The first-order chi connectivity index (χ1) is 10.2. The third-order valence-corrected chi connectivity index (χ3v) is 3.22. The number of aromatic nitrogens is 2. The number of benzene rings is 1. The van der Waals surface area contributed by atoms with Crippen LogP contribution in [0, 0.1) is 5.82 Å². The van der Waals surface area contributed by atoms with Crippen LogP contribution in [0.25, 0.3) is 0 Å². The van der Waals surface area contributed by atoms with Crippen LogP contribution in [0.3, 0.4) is 0 Å². The molecule has 0 aliphatic heterocycles. The van der Waals surface area contributed by atoms with E-state index in [1.165, 1.54) is 18.5 Å². The molecule has 0 radical (unpaired) electrons. The Balaban J connectivity index is 2.18. The zero-order valence-electron chi connectivity index (χ0n) is 12.3. The predicted octanol–water partition coefficient (Wildman–Crippen LogP) is 2.91. The van der Waals surface area contributed by atoms with Crippen molar-refractivity contribution in [2.75, 3.05) is 13.7 Å². The molecule has 2 rings (SSSR count). The SMILES string of the molecule is CCCNC(Cc1ccc(F)cc1)c1cc(OC)ncn1. The molecule has 21 heavy (non-hydrogen) atoms. The number of methoxy groups -OCH3 is 1. The van der Waals surface area contributed by atoms with Gasteiger partial charge in [0.1, 0.15) is 12.1 Å². The first kappa shape index (κ1) is 15.4. The molecule has 0 spiro atoms. The Labute approximate surface area is 124 Å². The number of halogens is 1. The van der Waals surface area contributed by atoms with Crippen molar-refractivity contribution in [2.45, 2.75) is 25.8 Å².